The van der Waals surface area contributed by atoms with Crippen molar-refractivity contribution in [2.24, 2.45) is 0 Å². The molecule has 0 unspecified atom stereocenters. The van der Waals surface area contributed by atoms with E-state index in [-0.39, 0.29) is 0 Å². The van der Waals surface area contributed by atoms with E-state index in [9.17, 15) is 4.91 Å². The molecule has 3 nitrogen and oxygen atoms in total. The topological polar surface area (TPSA) is 33.2 Å². The molecule has 0 N–H and O–H groups in total. The standard InChI is InChI=1S/C5H6NO2/c1-6(7)5-3-2-4-8-5/h2-4H,1H3/q+1. The van der Waals surface area contributed by atoms with Crippen molar-refractivity contribution in [2.45, 2.75) is 0 Å². The Morgan fingerprint density at radius 1 is 1.75 bits per heavy atom. The van der Waals surface area contributed by atoms with Crippen molar-refractivity contribution in [1.82, 2.24) is 0 Å². The predicted octanol–water partition coefficient (Wildman–Crippen LogP) is 1.32. The van der Waals surface area contributed by atoms with Crippen molar-refractivity contribution in [3.8, 4) is 0 Å². The number of rotatable bonds is 1. The van der Waals surface area contributed by atoms with Gasteiger partial charge >= 0.3 is 5.88 Å². The largest absolute Gasteiger partial charge is 0.420 e. The normalized spacial score (nSPS) is 9.12. The Morgan fingerprint density at radius 3 is 2.75 bits per heavy atom. The molecule has 0 saturated heterocycles. The van der Waals surface area contributed by atoms with E-state index in [2.05, 4.69) is 0 Å². The molecule has 0 saturated carbocycles. The molecular weight excluding hydrogens is 106 g/mol. The summed E-state index contributed by atoms with van der Waals surface area (Å²) in [7, 11) is 1.39. The Morgan fingerprint density at radius 2 is 2.50 bits per heavy atom. The summed E-state index contributed by atoms with van der Waals surface area (Å²) in [4.78, 5) is 10.3. The second-order valence-electron chi connectivity index (χ2n) is 1.45. The average molecular weight is 112 g/mol. The third-order valence-electron chi connectivity index (χ3n) is 0.817. The van der Waals surface area contributed by atoms with Gasteiger partial charge in [-0.2, -0.15) is 0 Å². The molecular formula is C5H6NO2+. The molecule has 0 aromatic carbocycles. The second-order valence-corrected chi connectivity index (χ2v) is 1.45. The van der Waals surface area contributed by atoms with Gasteiger partial charge in [-0.25, -0.2) is 0 Å². The monoisotopic (exact) mass is 112 g/mol. The molecule has 42 valence electrons. The van der Waals surface area contributed by atoms with E-state index in [1.54, 1.807) is 12.1 Å². The summed E-state index contributed by atoms with van der Waals surface area (Å²) in [6.07, 6.45) is 1.46. The van der Waals surface area contributed by atoms with Gasteiger partial charge in [0.05, 0.1) is 17.1 Å². The SMILES string of the molecule is C[N+](=O)c1ccco1. The molecule has 0 fully saturated rings. The molecule has 1 aromatic heterocycles. The third kappa shape index (κ3) is 0.753. The molecule has 0 aliphatic rings. The van der Waals surface area contributed by atoms with Crippen LogP contribution in [0.25, 0.3) is 0 Å². The fourth-order valence-corrected chi connectivity index (χ4v) is 0.449. The molecule has 0 atom stereocenters. The highest BCUT2D eigenvalue weighted by Crippen LogP contribution is 2.07. The fraction of sp³-hybridized carbons (Fsp3) is 0.200. The molecule has 8 heavy (non-hydrogen) atoms. The van der Waals surface area contributed by atoms with Crippen LogP contribution in [0.15, 0.2) is 22.8 Å². The fourth-order valence-electron chi connectivity index (χ4n) is 0.449. The van der Waals surface area contributed by atoms with E-state index in [1.807, 2.05) is 0 Å². The number of hydrogen-bond donors (Lipinski definition) is 0. The molecule has 0 bridgehead atoms. The summed E-state index contributed by atoms with van der Waals surface area (Å²) >= 11 is 0. The van der Waals surface area contributed by atoms with E-state index in [0.29, 0.717) is 10.6 Å². The lowest BCUT2D eigenvalue weighted by atomic mass is 10.6. The van der Waals surface area contributed by atoms with Gasteiger partial charge < -0.3 is 4.42 Å². The first-order valence-electron chi connectivity index (χ1n) is 2.25. The van der Waals surface area contributed by atoms with Crippen molar-refractivity contribution >= 4 is 5.88 Å². The second kappa shape index (κ2) is 1.78. The number of hydrogen-bond acceptors (Lipinski definition) is 2. The van der Waals surface area contributed by atoms with Crippen LogP contribution in [0.3, 0.4) is 0 Å². The van der Waals surface area contributed by atoms with Crippen LogP contribution in [0.1, 0.15) is 0 Å². The Hall–Kier alpha value is -1.12. The van der Waals surface area contributed by atoms with Crippen LogP contribution in [0.4, 0.5) is 5.88 Å². The molecule has 0 radical (unpaired) electrons. The molecule has 1 heterocycles. The van der Waals surface area contributed by atoms with Crippen molar-refractivity contribution in [2.75, 3.05) is 7.05 Å². The zero-order valence-electron chi connectivity index (χ0n) is 4.50. The lowest BCUT2D eigenvalue weighted by Gasteiger charge is -1.71. The Labute approximate surface area is 46.5 Å². The van der Waals surface area contributed by atoms with Gasteiger partial charge in [0.15, 0.2) is 7.05 Å². The van der Waals surface area contributed by atoms with Gasteiger partial charge in [-0.1, -0.05) is 0 Å². The zero-order valence-corrected chi connectivity index (χ0v) is 4.50. The summed E-state index contributed by atoms with van der Waals surface area (Å²) in [5, 5.41) is 0. The highest BCUT2D eigenvalue weighted by molar-refractivity contribution is 5.10. The minimum Gasteiger partial charge on any atom is -0.410 e. The first-order valence-corrected chi connectivity index (χ1v) is 2.25. The molecule has 3 heteroatoms. The van der Waals surface area contributed by atoms with Gasteiger partial charge in [-0.15, -0.1) is 0 Å². The molecule has 1 aromatic rings. The van der Waals surface area contributed by atoms with Gasteiger partial charge in [0.2, 0.25) is 0 Å². The maximum atomic E-state index is 10.3. The Bertz CT molecular complexity index is 178. The van der Waals surface area contributed by atoms with Gasteiger partial charge in [-0.3, -0.25) is 0 Å². The van der Waals surface area contributed by atoms with Gasteiger partial charge in [0.1, 0.15) is 0 Å². The minimum absolute atomic E-state index is 0.338. The van der Waals surface area contributed by atoms with Crippen molar-refractivity contribution in [3.63, 3.8) is 0 Å². The van der Waals surface area contributed by atoms with Crippen LogP contribution in [-0.4, -0.2) is 11.8 Å². The first-order chi connectivity index (χ1) is 3.80. The smallest absolute Gasteiger partial charge is 0.410 e. The maximum Gasteiger partial charge on any atom is 0.420 e. The molecule has 1 rings (SSSR count). The van der Waals surface area contributed by atoms with E-state index in [4.69, 9.17) is 4.42 Å². The Kier molecular flexibility index (Phi) is 1.12. The minimum atomic E-state index is 0.338. The van der Waals surface area contributed by atoms with Crippen LogP contribution in [0, 0.1) is 4.91 Å². The summed E-state index contributed by atoms with van der Waals surface area (Å²) in [6.45, 7) is 0. The van der Waals surface area contributed by atoms with E-state index in [1.165, 1.54) is 13.3 Å². The first kappa shape index (κ1) is 5.03. The highest BCUT2D eigenvalue weighted by Gasteiger charge is 2.06. The molecule has 0 amide bonds. The maximum absolute atomic E-state index is 10.3. The summed E-state index contributed by atoms with van der Waals surface area (Å²) in [6, 6.07) is 3.27. The van der Waals surface area contributed by atoms with Crippen molar-refractivity contribution < 1.29 is 9.18 Å². The third-order valence-corrected chi connectivity index (χ3v) is 0.817. The van der Waals surface area contributed by atoms with Crippen LogP contribution in [-0.2, 0) is 0 Å². The molecule has 0 aliphatic heterocycles. The quantitative estimate of drug-likeness (QED) is 0.513. The zero-order chi connectivity index (χ0) is 5.98. The molecule has 0 aliphatic carbocycles. The van der Waals surface area contributed by atoms with Crippen LogP contribution in [0.5, 0.6) is 0 Å². The van der Waals surface area contributed by atoms with Crippen LogP contribution in [0.2, 0.25) is 0 Å². The average Bonchev–Trinajstić information content (AvgIpc) is 2.12. The van der Waals surface area contributed by atoms with Gasteiger partial charge in [-0.05, 0) is 6.07 Å². The summed E-state index contributed by atoms with van der Waals surface area (Å²) < 4.78 is 5.38. The number of nitrogens with zero attached hydrogens (tertiary/aromatic N) is 1. The number of furan rings is 1. The summed E-state index contributed by atoms with van der Waals surface area (Å²) in [5.74, 6) is 0.338. The highest BCUT2D eigenvalue weighted by atomic mass is 16.4. The molecule has 0 spiro atoms. The van der Waals surface area contributed by atoms with E-state index < -0.39 is 0 Å². The van der Waals surface area contributed by atoms with E-state index >= 15 is 0 Å². The van der Waals surface area contributed by atoms with Crippen LogP contribution >= 0.6 is 0 Å². The van der Waals surface area contributed by atoms with Gasteiger partial charge in [0, 0.05) is 4.91 Å². The van der Waals surface area contributed by atoms with Gasteiger partial charge in [0.25, 0.3) is 0 Å². The van der Waals surface area contributed by atoms with Crippen LogP contribution < -0.4 is 0 Å². The van der Waals surface area contributed by atoms with Crippen molar-refractivity contribution in [1.29, 1.82) is 0 Å². The number of nitroso groups, excluding NO2 is 1. The van der Waals surface area contributed by atoms with Crippen molar-refractivity contribution in [3.05, 3.63) is 23.3 Å². The lowest BCUT2D eigenvalue weighted by molar-refractivity contribution is -0.444. The predicted molar refractivity (Wildman–Crippen MR) is 27.9 cm³/mol. The lowest BCUT2D eigenvalue weighted by Crippen LogP contribution is -1.85. The summed E-state index contributed by atoms with van der Waals surface area (Å²) in [5.41, 5.74) is 0. The van der Waals surface area contributed by atoms with E-state index in [0.717, 1.165) is 0 Å². The Balaban J connectivity index is 2.93.